The van der Waals surface area contributed by atoms with Gasteiger partial charge in [-0.1, -0.05) is 0 Å². The maximum atomic E-state index is 5.79. The van der Waals surface area contributed by atoms with Crippen LogP contribution >= 0.6 is 35.0 Å². The maximum Gasteiger partial charge on any atom is 0.0792 e. The molecule has 0 bridgehead atoms. The summed E-state index contributed by atoms with van der Waals surface area (Å²) in [7, 11) is 0. The quantitative estimate of drug-likeness (QED) is 0.546. The topological polar surface area (TPSA) is 0 Å². The lowest BCUT2D eigenvalue weighted by molar-refractivity contribution is 0.826. The van der Waals surface area contributed by atoms with E-state index in [1.807, 2.05) is 0 Å². The van der Waals surface area contributed by atoms with E-state index in [9.17, 15) is 0 Å². The first kappa shape index (κ1) is 7.04. The molecule has 0 spiro atoms. The lowest BCUT2D eigenvalue weighted by Crippen LogP contribution is -1.95. The van der Waals surface area contributed by atoms with E-state index in [1.165, 1.54) is 6.42 Å². The minimum atomic E-state index is 0.332. The standard InChI is InChI=1S/C5H8Cl2S/c6-3-4-1-2-5(7)8-4/h4-5H,1-3H2. The van der Waals surface area contributed by atoms with Crippen molar-refractivity contribution < 1.29 is 0 Å². The van der Waals surface area contributed by atoms with Gasteiger partial charge in [0, 0.05) is 11.1 Å². The molecule has 0 aliphatic carbocycles. The van der Waals surface area contributed by atoms with E-state index in [0.29, 0.717) is 9.96 Å². The first-order valence-corrected chi connectivity index (χ1v) is 4.60. The smallest absolute Gasteiger partial charge is 0.0792 e. The molecule has 1 rings (SSSR count). The van der Waals surface area contributed by atoms with Gasteiger partial charge in [0.2, 0.25) is 0 Å². The second-order valence-corrected chi connectivity index (χ2v) is 4.50. The van der Waals surface area contributed by atoms with Crippen LogP contribution in [-0.4, -0.2) is 15.8 Å². The normalized spacial score (nSPS) is 38.2. The zero-order valence-electron chi connectivity index (χ0n) is 4.44. The largest absolute Gasteiger partial charge is 0.138 e. The summed E-state index contributed by atoms with van der Waals surface area (Å²) in [4.78, 5) is 0. The molecule has 0 aromatic rings. The Balaban J connectivity index is 2.22. The molecule has 1 heterocycles. The molecule has 2 unspecified atom stereocenters. The molecule has 0 N–H and O–H groups in total. The van der Waals surface area contributed by atoms with E-state index in [1.54, 1.807) is 11.8 Å². The van der Waals surface area contributed by atoms with Crippen LogP contribution in [0.1, 0.15) is 12.8 Å². The number of alkyl halides is 2. The fourth-order valence-electron chi connectivity index (χ4n) is 0.775. The molecule has 1 saturated heterocycles. The highest BCUT2D eigenvalue weighted by molar-refractivity contribution is 8.02. The van der Waals surface area contributed by atoms with E-state index in [-0.39, 0.29) is 0 Å². The van der Waals surface area contributed by atoms with Crippen molar-refractivity contribution in [3.8, 4) is 0 Å². The number of hydrogen-bond donors (Lipinski definition) is 0. The van der Waals surface area contributed by atoms with Gasteiger partial charge >= 0.3 is 0 Å². The highest BCUT2D eigenvalue weighted by Gasteiger charge is 2.21. The van der Waals surface area contributed by atoms with Crippen LogP contribution in [-0.2, 0) is 0 Å². The Kier molecular flexibility index (Phi) is 2.81. The third kappa shape index (κ3) is 1.71. The first-order chi connectivity index (χ1) is 3.83. The van der Waals surface area contributed by atoms with Gasteiger partial charge in [0.1, 0.15) is 0 Å². The molecule has 0 nitrogen and oxygen atoms in total. The van der Waals surface area contributed by atoms with Crippen molar-refractivity contribution in [1.82, 2.24) is 0 Å². The highest BCUT2D eigenvalue weighted by atomic mass is 35.5. The summed E-state index contributed by atoms with van der Waals surface area (Å²) in [5.41, 5.74) is 0. The predicted molar refractivity (Wildman–Crippen MR) is 41.0 cm³/mol. The average molecular weight is 171 g/mol. The van der Waals surface area contributed by atoms with Crippen molar-refractivity contribution in [3.63, 3.8) is 0 Å². The van der Waals surface area contributed by atoms with Gasteiger partial charge in [0.15, 0.2) is 0 Å². The molecule has 0 radical (unpaired) electrons. The summed E-state index contributed by atoms with van der Waals surface area (Å²) in [6.07, 6.45) is 2.33. The number of halogens is 2. The van der Waals surface area contributed by atoms with Crippen molar-refractivity contribution in [3.05, 3.63) is 0 Å². The minimum absolute atomic E-state index is 0.332. The van der Waals surface area contributed by atoms with Gasteiger partial charge in [-0.05, 0) is 12.8 Å². The van der Waals surface area contributed by atoms with Crippen molar-refractivity contribution in [1.29, 1.82) is 0 Å². The highest BCUT2D eigenvalue weighted by Crippen LogP contribution is 2.36. The van der Waals surface area contributed by atoms with Crippen LogP contribution in [0.25, 0.3) is 0 Å². The molecule has 0 amide bonds. The van der Waals surface area contributed by atoms with E-state index >= 15 is 0 Å². The Labute approximate surface area is 63.9 Å². The number of thioether (sulfide) groups is 1. The Bertz CT molecular complexity index is 76.8. The van der Waals surface area contributed by atoms with E-state index in [2.05, 4.69) is 0 Å². The van der Waals surface area contributed by atoms with Gasteiger partial charge in [0.05, 0.1) is 4.71 Å². The van der Waals surface area contributed by atoms with Crippen molar-refractivity contribution in [2.24, 2.45) is 0 Å². The molecule has 3 heteroatoms. The van der Waals surface area contributed by atoms with Gasteiger partial charge in [-0.25, -0.2) is 0 Å². The van der Waals surface area contributed by atoms with Gasteiger partial charge in [-0.15, -0.1) is 35.0 Å². The van der Waals surface area contributed by atoms with Crippen LogP contribution in [0.4, 0.5) is 0 Å². The minimum Gasteiger partial charge on any atom is -0.138 e. The van der Waals surface area contributed by atoms with Gasteiger partial charge < -0.3 is 0 Å². The molecular weight excluding hydrogens is 163 g/mol. The SMILES string of the molecule is ClCC1CCC(Cl)S1. The van der Waals surface area contributed by atoms with Crippen molar-refractivity contribution in [2.75, 3.05) is 5.88 Å². The summed E-state index contributed by atoms with van der Waals surface area (Å²) in [6, 6.07) is 0. The number of rotatable bonds is 1. The molecule has 1 fully saturated rings. The lowest BCUT2D eigenvalue weighted by Gasteiger charge is -1.99. The molecule has 48 valence electrons. The van der Waals surface area contributed by atoms with Gasteiger partial charge in [-0.2, -0.15) is 0 Å². The molecule has 1 aliphatic rings. The van der Waals surface area contributed by atoms with Gasteiger partial charge in [0.25, 0.3) is 0 Å². The van der Waals surface area contributed by atoms with E-state index in [4.69, 9.17) is 23.2 Å². The molecule has 0 aromatic carbocycles. The molecule has 0 aromatic heterocycles. The van der Waals surface area contributed by atoms with Crippen molar-refractivity contribution >= 4 is 35.0 Å². The van der Waals surface area contributed by atoms with Crippen LogP contribution in [0.5, 0.6) is 0 Å². The molecule has 0 saturated carbocycles. The zero-order valence-corrected chi connectivity index (χ0v) is 6.77. The van der Waals surface area contributed by atoms with Gasteiger partial charge in [-0.3, -0.25) is 0 Å². The van der Waals surface area contributed by atoms with Crippen LogP contribution in [0.15, 0.2) is 0 Å². The molecule has 8 heavy (non-hydrogen) atoms. The summed E-state index contributed by atoms with van der Waals surface area (Å²) in [5, 5.41) is 0.624. The summed E-state index contributed by atoms with van der Waals surface area (Å²) in [5.74, 6) is 0.758. The summed E-state index contributed by atoms with van der Waals surface area (Å²) in [6.45, 7) is 0. The second kappa shape index (κ2) is 3.19. The Morgan fingerprint density at radius 2 is 2.25 bits per heavy atom. The Morgan fingerprint density at radius 1 is 1.50 bits per heavy atom. The van der Waals surface area contributed by atoms with Crippen LogP contribution in [0, 0.1) is 0 Å². The Morgan fingerprint density at radius 3 is 2.50 bits per heavy atom. The summed E-state index contributed by atoms with van der Waals surface area (Å²) < 4.78 is 0.332. The van der Waals surface area contributed by atoms with Crippen molar-refractivity contribution in [2.45, 2.75) is 22.8 Å². The van der Waals surface area contributed by atoms with Crippen LogP contribution in [0.2, 0.25) is 0 Å². The third-order valence-corrected chi connectivity index (χ3v) is 3.63. The molecular formula is C5H8Cl2S. The monoisotopic (exact) mass is 170 g/mol. The Hall–Kier alpha value is 0.930. The lowest BCUT2D eigenvalue weighted by atomic mass is 10.3. The molecule has 1 aliphatic heterocycles. The maximum absolute atomic E-state index is 5.79. The van der Waals surface area contributed by atoms with Crippen LogP contribution < -0.4 is 0 Å². The second-order valence-electron chi connectivity index (χ2n) is 1.90. The van der Waals surface area contributed by atoms with Crippen LogP contribution in [0.3, 0.4) is 0 Å². The third-order valence-electron chi connectivity index (χ3n) is 1.23. The zero-order chi connectivity index (χ0) is 5.98. The first-order valence-electron chi connectivity index (χ1n) is 2.68. The van der Waals surface area contributed by atoms with E-state index in [0.717, 1.165) is 12.3 Å². The average Bonchev–Trinajstić information content (AvgIpc) is 2.14. The number of hydrogen-bond acceptors (Lipinski definition) is 1. The predicted octanol–water partition coefficient (Wildman–Crippen LogP) is 2.69. The fourth-order valence-corrected chi connectivity index (χ4v) is 2.75. The van der Waals surface area contributed by atoms with E-state index < -0.39 is 0 Å². The summed E-state index contributed by atoms with van der Waals surface area (Å²) >= 11 is 13.2. The molecule has 2 atom stereocenters. The fraction of sp³-hybridized carbons (Fsp3) is 1.00.